The molecule has 3 rings (SSSR count). The maximum Gasteiger partial charge on any atom is 0.323 e. The van der Waals surface area contributed by atoms with Gasteiger partial charge in [0.2, 0.25) is 5.91 Å². The van der Waals surface area contributed by atoms with E-state index in [2.05, 4.69) is 15.5 Å². The number of aliphatic hydroxyl groups excluding tert-OH is 1. The van der Waals surface area contributed by atoms with Gasteiger partial charge in [0.25, 0.3) is 5.91 Å². The summed E-state index contributed by atoms with van der Waals surface area (Å²) in [5, 5.41) is 15.6. The van der Waals surface area contributed by atoms with E-state index in [1.807, 2.05) is 27.9 Å². The van der Waals surface area contributed by atoms with Gasteiger partial charge < -0.3 is 39.9 Å². The maximum atomic E-state index is 14.3. The monoisotopic (exact) mass is 657 g/mol. The van der Waals surface area contributed by atoms with Gasteiger partial charge in [0, 0.05) is 50.5 Å². The van der Waals surface area contributed by atoms with E-state index in [1.165, 1.54) is 24.3 Å². The summed E-state index contributed by atoms with van der Waals surface area (Å²) in [6, 6.07) is 9.17. The molecule has 1 aliphatic heterocycles. The number of fused-ring (bicyclic) bond motifs is 1. The van der Waals surface area contributed by atoms with Crippen molar-refractivity contribution in [3.8, 4) is 5.75 Å². The van der Waals surface area contributed by atoms with Crippen LogP contribution in [-0.4, -0.2) is 110 Å². The molecule has 0 unspecified atom stereocenters. The third-order valence-corrected chi connectivity index (χ3v) is 8.29. The van der Waals surface area contributed by atoms with Crippen molar-refractivity contribution in [2.45, 2.75) is 71.1 Å². The van der Waals surface area contributed by atoms with Crippen molar-refractivity contribution in [2.75, 3.05) is 64.6 Å². The zero-order valence-electron chi connectivity index (χ0n) is 28.6. The van der Waals surface area contributed by atoms with Gasteiger partial charge in [0.15, 0.2) is 0 Å². The molecule has 12 heteroatoms. The lowest BCUT2D eigenvalue weighted by atomic mass is 10.0. The predicted molar refractivity (Wildman–Crippen MR) is 181 cm³/mol. The second-order valence-electron chi connectivity index (χ2n) is 12.8. The number of hydrogen-bond acceptors (Lipinski definition) is 7. The molecule has 2 aromatic carbocycles. The number of hydrogen-bond donors (Lipinski definition) is 3. The number of anilines is 2. The van der Waals surface area contributed by atoms with Crippen molar-refractivity contribution in [1.29, 1.82) is 0 Å². The molecule has 260 valence electrons. The van der Waals surface area contributed by atoms with Gasteiger partial charge in [-0.1, -0.05) is 6.92 Å². The third kappa shape index (κ3) is 12.1. The zero-order valence-corrected chi connectivity index (χ0v) is 28.6. The minimum atomic E-state index is -0.561. The smallest absolute Gasteiger partial charge is 0.323 e. The van der Waals surface area contributed by atoms with E-state index in [9.17, 15) is 23.9 Å². The Balaban J connectivity index is 1.87. The Bertz CT molecular complexity index is 1310. The Hall–Kier alpha value is -3.74. The molecule has 0 radical (unpaired) electrons. The summed E-state index contributed by atoms with van der Waals surface area (Å²) in [4.78, 5) is 45.3. The number of carbonyl (C=O) groups is 3. The third-order valence-electron chi connectivity index (χ3n) is 8.29. The van der Waals surface area contributed by atoms with Crippen molar-refractivity contribution in [2.24, 2.45) is 5.92 Å². The van der Waals surface area contributed by atoms with Crippen LogP contribution < -0.4 is 15.4 Å². The van der Waals surface area contributed by atoms with E-state index in [0.717, 1.165) is 32.2 Å². The number of benzene rings is 2. The summed E-state index contributed by atoms with van der Waals surface area (Å²) >= 11 is 0. The van der Waals surface area contributed by atoms with Gasteiger partial charge in [0.1, 0.15) is 11.6 Å². The molecule has 0 bridgehead atoms. The van der Waals surface area contributed by atoms with Gasteiger partial charge in [-0.15, -0.1) is 0 Å². The Morgan fingerprint density at radius 2 is 1.74 bits per heavy atom. The largest absolute Gasteiger partial charge is 0.490 e. The summed E-state index contributed by atoms with van der Waals surface area (Å²) in [7, 11) is 5.75. The Morgan fingerprint density at radius 3 is 2.43 bits per heavy atom. The van der Waals surface area contributed by atoms with Gasteiger partial charge in [-0.25, -0.2) is 9.18 Å². The van der Waals surface area contributed by atoms with Gasteiger partial charge >= 0.3 is 6.03 Å². The highest BCUT2D eigenvalue weighted by atomic mass is 19.1. The lowest BCUT2D eigenvalue weighted by Gasteiger charge is -2.36. The Morgan fingerprint density at radius 1 is 1.06 bits per heavy atom. The first-order valence-electron chi connectivity index (χ1n) is 16.4. The number of nitrogens with one attached hydrogen (secondary N) is 2. The number of urea groups is 1. The fourth-order valence-electron chi connectivity index (χ4n) is 5.40. The Kier molecular flexibility index (Phi) is 14.9. The van der Waals surface area contributed by atoms with Gasteiger partial charge in [0.05, 0.1) is 30.4 Å². The number of halogens is 1. The first kappa shape index (κ1) is 37.7. The predicted octanol–water partition coefficient (Wildman–Crippen LogP) is 5.07. The normalized spacial score (nSPS) is 20.1. The average molecular weight is 658 g/mol. The zero-order chi connectivity index (χ0) is 34.5. The molecule has 3 N–H and O–H groups in total. The van der Waals surface area contributed by atoms with Crippen LogP contribution in [0.3, 0.4) is 0 Å². The van der Waals surface area contributed by atoms with Crippen LogP contribution >= 0.6 is 0 Å². The molecule has 11 nitrogen and oxygen atoms in total. The van der Waals surface area contributed by atoms with Crippen LogP contribution in [0.15, 0.2) is 42.5 Å². The summed E-state index contributed by atoms with van der Waals surface area (Å²) in [5.74, 6) is -0.546. The molecular weight excluding hydrogens is 605 g/mol. The van der Waals surface area contributed by atoms with Crippen LogP contribution in [0.2, 0.25) is 0 Å². The van der Waals surface area contributed by atoms with Crippen LogP contribution in [-0.2, 0) is 9.53 Å². The molecule has 0 spiro atoms. The molecule has 47 heavy (non-hydrogen) atoms. The standard InChI is InChI=1S/C35H52FN5O6/c1-24-21-41(25(2)23-42)34(44)30-20-29(38-35(45)37-28-14-12-27(36)13-15-28)16-17-31(30)47-26(3)10-7-8-19-46-32(24)22-40(6)33(43)11-9-18-39(4)5/h12-17,20,24-26,32,42H,7-11,18-19,21-23H2,1-6H3,(H2,37,38,45)/t24-,25+,26-,32-/m1/s1. The molecule has 2 aromatic rings. The van der Waals surface area contributed by atoms with Gasteiger partial charge in [-0.3, -0.25) is 9.59 Å². The first-order valence-corrected chi connectivity index (χ1v) is 16.4. The van der Waals surface area contributed by atoms with Crippen LogP contribution in [0.25, 0.3) is 0 Å². The van der Waals surface area contributed by atoms with E-state index in [4.69, 9.17) is 9.47 Å². The fourth-order valence-corrected chi connectivity index (χ4v) is 5.40. The van der Waals surface area contributed by atoms with Gasteiger partial charge in [-0.2, -0.15) is 0 Å². The highest BCUT2D eigenvalue weighted by Crippen LogP contribution is 2.29. The average Bonchev–Trinajstić information content (AvgIpc) is 3.03. The molecule has 4 amide bonds. The first-order chi connectivity index (χ1) is 22.4. The van der Waals surface area contributed by atoms with Crippen molar-refractivity contribution in [3.05, 3.63) is 53.8 Å². The highest BCUT2D eigenvalue weighted by Gasteiger charge is 2.31. The van der Waals surface area contributed by atoms with Crippen LogP contribution in [0.4, 0.5) is 20.6 Å². The van der Waals surface area contributed by atoms with Crippen molar-refractivity contribution < 1.29 is 33.4 Å². The lowest BCUT2D eigenvalue weighted by molar-refractivity contribution is -0.132. The number of aliphatic hydroxyl groups is 1. The van der Waals surface area contributed by atoms with Crippen LogP contribution in [0.1, 0.15) is 63.2 Å². The second-order valence-corrected chi connectivity index (χ2v) is 12.8. The van der Waals surface area contributed by atoms with E-state index < -0.39 is 17.9 Å². The van der Waals surface area contributed by atoms with E-state index in [-0.39, 0.29) is 48.7 Å². The lowest BCUT2D eigenvalue weighted by Crippen LogP contribution is -2.48. The van der Waals surface area contributed by atoms with Gasteiger partial charge in [-0.05, 0) is 103 Å². The molecule has 1 aliphatic rings. The van der Waals surface area contributed by atoms with E-state index in [1.54, 1.807) is 42.0 Å². The number of amides is 4. The van der Waals surface area contributed by atoms with Crippen molar-refractivity contribution in [1.82, 2.24) is 14.7 Å². The second kappa shape index (κ2) is 18.6. The highest BCUT2D eigenvalue weighted by molar-refractivity contribution is 6.02. The number of likely N-dealkylation sites (N-methyl/N-ethyl adjacent to an activating group) is 1. The molecule has 0 saturated carbocycles. The molecule has 0 fully saturated rings. The summed E-state index contributed by atoms with van der Waals surface area (Å²) in [6.07, 6.45) is 3.06. The van der Waals surface area contributed by atoms with Crippen molar-refractivity contribution >= 4 is 29.2 Å². The number of ether oxygens (including phenoxy) is 2. The maximum absolute atomic E-state index is 14.3. The van der Waals surface area contributed by atoms with Crippen molar-refractivity contribution in [3.63, 3.8) is 0 Å². The summed E-state index contributed by atoms with van der Waals surface area (Å²) in [6.45, 7) is 7.41. The summed E-state index contributed by atoms with van der Waals surface area (Å²) in [5.41, 5.74) is 1.01. The number of rotatable bonds is 10. The molecule has 0 aromatic heterocycles. The SMILES string of the molecule is C[C@@H]1CCCCO[C@H](CN(C)C(=O)CCCN(C)C)[C@H](C)CN([C@@H](C)CO)C(=O)c2cc(NC(=O)Nc3ccc(F)cc3)ccc2O1. The minimum Gasteiger partial charge on any atom is -0.490 e. The van der Waals surface area contributed by atoms with Crippen LogP contribution in [0.5, 0.6) is 5.75 Å². The van der Waals surface area contributed by atoms with E-state index >= 15 is 0 Å². The number of nitrogens with zero attached hydrogens (tertiary/aromatic N) is 3. The van der Waals surface area contributed by atoms with E-state index in [0.29, 0.717) is 36.7 Å². The van der Waals surface area contributed by atoms with Crippen LogP contribution in [0, 0.1) is 11.7 Å². The molecular formula is C35H52FN5O6. The quantitative estimate of drug-likeness (QED) is 0.326. The Labute approximate surface area is 278 Å². The molecule has 0 aliphatic carbocycles. The topological polar surface area (TPSA) is 124 Å². The molecule has 4 atom stereocenters. The summed E-state index contributed by atoms with van der Waals surface area (Å²) < 4.78 is 25.9. The number of carbonyl (C=O) groups excluding carboxylic acids is 3. The molecule has 1 heterocycles. The minimum absolute atomic E-state index is 0.0436. The fraction of sp³-hybridized carbons (Fsp3) is 0.571. The molecule has 0 saturated heterocycles.